The van der Waals surface area contributed by atoms with Crippen LogP contribution in [0.2, 0.25) is 0 Å². The summed E-state index contributed by atoms with van der Waals surface area (Å²) in [6.45, 7) is 3.66. The Kier molecular flexibility index (Phi) is 7.85. The van der Waals surface area contributed by atoms with Gasteiger partial charge in [-0.15, -0.1) is 0 Å². The van der Waals surface area contributed by atoms with Crippen molar-refractivity contribution in [3.05, 3.63) is 90.6 Å². The number of ether oxygens (including phenoxy) is 5. The van der Waals surface area contributed by atoms with Gasteiger partial charge in [0.2, 0.25) is 0 Å². The minimum Gasteiger partial charge on any atom is -0.497 e. The van der Waals surface area contributed by atoms with E-state index in [-0.39, 0.29) is 17.7 Å². The average Bonchev–Trinajstić information content (AvgIpc) is 3.29. The lowest BCUT2D eigenvalue weighted by molar-refractivity contribution is -0.139. The van der Waals surface area contributed by atoms with Gasteiger partial charge in [-0.25, -0.2) is 9.79 Å². The smallest absolute Gasteiger partial charge is 0.338 e. The summed E-state index contributed by atoms with van der Waals surface area (Å²) in [4.78, 5) is 32.8. The third-order valence-electron chi connectivity index (χ3n) is 6.97. The highest BCUT2D eigenvalue weighted by Crippen LogP contribution is 2.41. The van der Waals surface area contributed by atoms with E-state index in [1.54, 1.807) is 65.1 Å². The third-order valence-corrected chi connectivity index (χ3v) is 7.95. The number of nitrogens with zero attached hydrogens (tertiary/aromatic N) is 2. The molecular weight excluding hydrogens is 544 g/mol. The Balaban J connectivity index is 1.85. The molecule has 1 aliphatic heterocycles. The van der Waals surface area contributed by atoms with E-state index in [0.717, 1.165) is 10.8 Å². The molecule has 0 fully saturated rings. The zero-order chi connectivity index (χ0) is 29.3. The summed E-state index contributed by atoms with van der Waals surface area (Å²) in [7, 11) is 6.29. The van der Waals surface area contributed by atoms with Crippen molar-refractivity contribution in [2.75, 3.05) is 35.0 Å². The molecule has 0 saturated heterocycles. The Morgan fingerprint density at radius 1 is 0.951 bits per heavy atom. The Morgan fingerprint density at radius 3 is 2.32 bits per heavy atom. The molecule has 1 aliphatic rings. The Labute approximate surface area is 240 Å². The van der Waals surface area contributed by atoms with Gasteiger partial charge < -0.3 is 23.7 Å². The normalized spacial score (nSPS) is 14.9. The van der Waals surface area contributed by atoms with Gasteiger partial charge in [-0.2, -0.15) is 0 Å². The molecule has 0 aliphatic carbocycles. The topological polar surface area (TPSA) is 97.6 Å². The number of benzene rings is 3. The number of carbonyl (C=O) groups is 1. The zero-order valence-electron chi connectivity index (χ0n) is 23.6. The molecule has 1 unspecified atom stereocenters. The van der Waals surface area contributed by atoms with Crippen molar-refractivity contribution in [1.82, 2.24) is 4.57 Å². The standard InChI is InChI=1S/C31H30N2O7S/c1-7-40-30(35)26-17(2)32-31-33(29(34)25(41-31)14-19-9-12-21(37-4)16-24(19)39-6)28(26)27-22-15-20(36-3)11-8-18(22)10-13-23(27)38-5/h8-16,28H,7H2,1-6H3. The van der Waals surface area contributed by atoms with E-state index in [1.807, 2.05) is 36.4 Å². The first-order chi connectivity index (χ1) is 19.8. The van der Waals surface area contributed by atoms with E-state index in [4.69, 9.17) is 28.7 Å². The predicted octanol–water partition coefficient (Wildman–Crippen LogP) is 3.99. The van der Waals surface area contributed by atoms with Crippen LogP contribution in [-0.2, 0) is 9.53 Å². The number of hydrogen-bond acceptors (Lipinski definition) is 9. The number of esters is 1. The van der Waals surface area contributed by atoms with Gasteiger partial charge in [-0.05, 0) is 61.0 Å². The first-order valence-electron chi connectivity index (χ1n) is 12.9. The summed E-state index contributed by atoms with van der Waals surface area (Å²) in [5.74, 6) is 1.78. The molecule has 5 rings (SSSR count). The van der Waals surface area contributed by atoms with E-state index >= 15 is 0 Å². The fourth-order valence-electron chi connectivity index (χ4n) is 5.03. The molecule has 0 saturated carbocycles. The summed E-state index contributed by atoms with van der Waals surface area (Å²) < 4.78 is 29.6. The van der Waals surface area contributed by atoms with Crippen molar-refractivity contribution < 1.29 is 28.5 Å². The van der Waals surface area contributed by atoms with Crippen LogP contribution in [0.1, 0.15) is 31.0 Å². The summed E-state index contributed by atoms with van der Waals surface area (Å²) in [6, 6.07) is 13.9. The van der Waals surface area contributed by atoms with E-state index in [1.165, 1.54) is 11.3 Å². The minimum absolute atomic E-state index is 0.171. The van der Waals surface area contributed by atoms with E-state index < -0.39 is 12.0 Å². The number of rotatable bonds is 8. The number of allylic oxidation sites excluding steroid dienone is 1. The van der Waals surface area contributed by atoms with Crippen LogP contribution in [-0.4, -0.2) is 45.6 Å². The molecule has 0 spiro atoms. The Morgan fingerprint density at radius 2 is 1.63 bits per heavy atom. The van der Waals surface area contributed by atoms with Crippen molar-refractivity contribution in [3.8, 4) is 23.0 Å². The molecule has 1 atom stereocenters. The maximum atomic E-state index is 14.2. The quantitative estimate of drug-likeness (QED) is 0.294. The molecule has 1 aromatic heterocycles. The predicted molar refractivity (Wildman–Crippen MR) is 157 cm³/mol. The highest BCUT2D eigenvalue weighted by atomic mass is 32.1. The molecule has 41 heavy (non-hydrogen) atoms. The number of fused-ring (bicyclic) bond motifs is 2. The van der Waals surface area contributed by atoms with Crippen molar-refractivity contribution in [2.24, 2.45) is 4.99 Å². The maximum Gasteiger partial charge on any atom is 0.338 e. The van der Waals surface area contributed by atoms with Crippen LogP contribution >= 0.6 is 11.3 Å². The lowest BCUT2D eigenvalue weighted by Gasteiger charge is -2.27. The molecule has 10 heteroatoms. The van der Waals surface area contributed by atoms with Gasteiger partial charge in [-0.3, -0.25) is 9.36 Å². The molecule has 212 valence electrons. The molecular formula is C31H30N2O7S. The SMILES string of the molecule is CCOC(=O)C1=C(C)N=c2sc(=Cc3ccc(OC)cc3OC)c(=O)n2C1c1c(OC)ccc2ccc(OC)cc12. The number of thiazole rings is 1. The van der Waals surface area contributed by atoms with E-state index in [9.17, 15) is 9.59 Å². The van der Waals surface area contributed by atoms with Crippen LogP contribution < -0.4 is 33.8 Å². The summed E-state index contributed by atoms with van der Waals surface area (Å²) in [5, 5.41) is 1.67. The summed E-state index contributed by atoms with van der Waals surface area (Å²) in [5.41, 5.74) is 1.75. The first-order valence-corrected chi connectivity index (χ1v) is 13.7. The molecule has 0 amide bonds. The average molecular weight is 575 g/mol. The fourth-order valence-corrected chi connectivity index (χ4v) is 6.07. The number of methoxy groups -OCH3 is 4. The van der Waals surface area contributed by atoms with Gasteiger partial charge >= 0.3 is 5.97 Å². The Hall–Kier alpha value is -4.57. The van der Waals surface area contributed by atoms with Crippen LogP contribution in [0.25, 0.3) is 16.8 Å². The van der Waals surface area contributed by atoms with Gasteiger partial charge in [-0.1, -0.05) is 23.5 Å². The van der Waals surface area contributed by atoms with Crippen molar-refractivity contribution in [1.29, 1.82) is 0 Å². The second kappa shape index (κ2) is 11.5. The van der Waals surface area contributed by atoms with Gasteiger partial charge in [0.05, 0.1) is 50.8 Å². The van der Waals surface area contributed by atoms with Gasteiger partial charge in [0.1, 0.15) is 29.0 Å². The van der Waals surface area contributed by atoms with Crippen LogP contribution in [0.4, 0.5) is 0 Å². The monoisotopic (exact) mass is 574 g/mol. The summed E-state index contributed by atoms with van der Waals surface area (Å²) >= 11 is 1.23. The molecule has 0 N–H and O–H groups in total. The van der Waals surface area contributed by atoms with Crippen molar-refractivity contribution in [3.63, 3.8) is 0 Å². The largest absolute Gasteiger partial charge is 0.497 e. The number of aromatic nitrogens is 1. The minimum atomic E-state index is -0.865. The van der Waals surface area contributed by atoms with Crippen LogP contribution in [0, 0.1) is 0 Å². The van der Waals surface area contributed by atoms with Gasteiger partial charge in [0, 0.05) is 17.2 Å². The summed E-state index contributed by atoms with van der Waals surface area (Å²) in [6.07, 6.45) is 1.76. The van der Waals surface area contributed by atoms with E-state index in [0.29, 0.717) is 49.2 Å². The Bertz CT molecular complexity index is 1860. The maximum absolute atomic E-state index is 14.2. The first kappa shape index (κ1) is 28.0. The second-order valence-corrected chi connectivity index (χ2v) is 10.2. The van der Waals surface area contributed by atoms with Crippen LogP contribution in [0.5, 0.6) is 23.0 Å². The molecule has 2 heterocycles. The number of carbonyl (C=O) groups excluding carboxylic acids is 1. The molecule has 4 aromatic rings. The van der Waals surface area contributed by atoms with Crippen molar-refractivity contribution in [2.45, 2.75) is 19.9 Å². The van der Waals surface area contributed by atoms with Crippen molar-refractivity contribution >= 4 is 34.2 Å². The van der Waals surface area contributed by atoms with E-state index in [2.05, 4.69) is 0 Å². The molecule has 0 radical (unpaired) electrons. The lowest BCUT2D eigenvalue weighted by Crippen LogP contribution is -2.40. The second-order valence-electron chi connectivity index (χ2n) is 9.18. The highest BCUT2D eigenvalue weighted by molar-refractivity contribution is 7.07. The van der Waals surface area contributed by atoms with Crippen LogP contribution in [0.3, 0.4) is 0 Å². The third kappa shape index (κ3) is 4.95. The molecule has 3 aromatic carbocycles. The highest BCUT2D eigenvalue weighted by Gasteiger charge is 2.36. The fraction of sp³-hybridized carbons (Fsp3) is 0.258. The molecule has 0 bridgehead atoms. The van der Waals surface area contributed by atoms with Gasteiger partial charge in [0.25, 0.3) is 5.56 Å². The number of hydrogen-bond donors (Lipinski definition) is 0. The lowest BCUT2D eigenvalue weighted by atomic mass is 9.90. The van der Waals surface area contributed by atoms with Crippen LogP contribution in [0.15, 0.2) is 69.6 Å². The molecule has 9 nitrogen and oxygen atoms in total. The van der Waals surface area contributed by atoms with Gasteiger partial charge in [0.15, 0.2) is 4.80 Å². The zero-order valence-corrected chi connectivity index (χ0v) is 24.5.